The first-order valence-corrected chi connectivity index (χ1v) is 6.40. The maximum atomic E-state index is 6.46. The van der Waals surface area contributed by atoms with Crippen LogP contribution in [0.1, 0.15) is 51.7 Å². The Morgan fingerprint density at radius 2 is 1.75 bits per heavy atom. The molecule has 1 nitrogen and oxygen atoms in total. The molecule has 1 rings (SSSR count). The van der Waals surface area contributed by atoms with Crippen molar-refractivity contribution in [1.29, 1.82) is 0 Å². The summed E-state index contributed by atoms with van der Waals surface area (Å²) in [5.74, 6) is 0.518. The molecule has 0 aliphatic rings. The van der Waals surface area contributed by atoms with Crippen LogP contribution in [0.15, 0.2) is 24.3 Å². The van der Waals surface area contributed by atoms with Gasteiger partial charge in [-0.1, -0.05) is 51.5 Å². The SMILES string of the molecule is CCCC(C)C(C)(N)c1ccc(CC)cc1. The van der Waals surface area contributed by atoms with E-state index >= 15 is 0 Å². The van der Waals surface area contributed by atoms with Crippen molar-refractivity contribution in [3.63, 3.8) is 0 Å². The molecule has 2 atom stereocenters. The predicted octanol–water partition coefficient (Wildman–Crippen LogP) is 3.86. The Morgan fingerprint density at radius 1 is 1.19 bits per heavy atom. The van der Waals surface area contributed by atoms with Crippen molar-refractivity contribution in [1.82, 2.24) is 0 Å². The number of hydrogen-bond donors (Lipinski definition) is 1. The highest BCUT2D eigenvalue weighted by Crippen LogP contribution is 2.29. The van der Waals surface area contributed by atoms with E-state index in [9.17, 15) is 0 Å². The van der Waals surface area contributed by atoms with Crippen LogP contribution in [0.3, 0.4) is 0 Å². The lowest BCUT2D eigenvalue weighted by Crippen LogP contribution is -2.39. The van der Waals surface area contributed by atoms with Crippen molar-refractivity contribution in [2.45, 2.75) is 52.5 Å². The van der Waals surface area contributed by atoms with Crippen LogP contribution in [0.4, 0.5) is 0 Å². The van der Waals surface area contributed by atoms with E-state index in [-0.39, 0.29) is 5.54 Å². The van der Waals surface area contributed by atoms with Gasteiger partial charge in [0.1, 0.15) is 0 Å². The lowest BCUT2D eigenvalue weighted by molar-refractivity contribution is 0.304. The summed E-state index contributed by atoms with van der Waals surface area (Å²) in [6.07, 6.45) is 3.47. The maximum absolute atomic E-state index is 6.46. The van der Waals surface area contributed by atoms with Gasteiger partial charge in [0, 0.05) is 5.54 Å². The molecule has 0 aliphatic heterocycles. The van der Waals surface area contributed by atoms with Gasteiger partial charge in [-0.15, -0.1) is 0 Å². The third-order valence-electron chi connectivity index (χ3n) is 3.73. The smallest absolute Gasteiger partial charge is 0.0406 e. The largest absolute Gasteiger partial charge is 0.321 e. The van der Waals surface area contributed by atoms with Crippen LogP contribution in [0.5, 0.6) is 0 Å². The van der Waals surface area contributed by atoms with E-state index in [4.69, 9.17) is 5.73 Å². The van der Waals surface area contributed by atoms with Gasteiger partial charge in [-0.3, -0.25) is 0 Å². The van der Waals surface area contributed by atoms with Crippen molar-refractivity contribution in [3.8, 4) is 0 Å². The second-order valence-corrected chi connectivity index (χ2v) is 5.02. The third-order valence-corrected chi connectivity index (χ3v) is 3.73. The van der Waals surface area contributed by atoms with Crippen LogP contribution in [0.2, 0.25) is 0 Å². The molecule has 16 heavy (non-hydrogen) atoms. The zero-order valence-electron chi connectivity index (χ0n) is 11.1. The highest BCUT2D eigenvalue weighted by molar-refractivity contribution is 5.28. The Bertz CT molecular complexity index is 311. The highest BCUT2D eigenvalue weighted by atomic mass is 14.7. The van der Waals surface area contributed by atoms with Gasteiger partial charge < -0.3 is 5.73 Å². The average molecular weight is 219 g/mol. The Balaban J connectivity index is 2.88. The summed E-state index contributed by atoms with van der Waals surface area (Å²) >= 11 is 0. The number of aryl methyl sites for hydroxylation is 1. The van der Waals surface area contributed by atoms with Crippen molar-refractivity contribution in [2.75, 3.05) is 0 Å². The molecule has 0 bridgehead atoms. The number of benzene rings is 1. The minimum atomic E-state index is -0.206. The molecule has 90 valence electrons. The van der Waals surface area contributed by atoms with Crippen molar-refractivity contribution in [2.24, 2.45) is 11.7 Å². The molecule has 0 aliphatic carbocycles. The van der Waals surface area contributed by atoms with E-state index in [1.165, 1.54) is 24.0 Å². The van der Waals surface area contributed by atoms with Gasteiger partial charge in [-0.05, 0) is 36.8 Å². The number of hydrogen-bond acceptors (Lipinski definition) is 1. The van der Waals surface area contributed by atoms with E-state index in [1.54, 1.807) is 0 Å². The minimum absolute atomic E-state index is 0.206. The Labute approximate surface area is 100 Å². The van der Waals surface area contributed by atoms with Gasteiger partial charge in [0.15, 0.2) is 0 Å². The third kappa shape index (κ3) is 2.85. The Morgan fingerprint density at radius 3 is 2.19 bits per heavy atom. The topological polar surface area (TPSA) is 26.0 Å². The molecule has 0 radical (unpaired) electrons. The van der Waals surface area contributed by atoms with Gasteiger partial charge in [0.2, 0.25) is 0 Å². The summed E-state index contributed by atoms with van der Waals surface area (Å²) in [5, 5.41) is 0. The molecule has 2 N–H and O–H groups in total. The first-order valence-electron chi connectivity index (χ1n) is 6.40. The van der Waals surface area contributed by atoms with E-state index in [1.807, 2.05) is 0 Å². The number of rotatable bonds is 5. The summed E-state index contributed by atoms with van der Waals surface area (Å²) in [6.45, 7) is 8.79. The predicted molar refractivity (Wildman–Crippen MR) is 71.4 cm³/mol. The van der Waals surface area contributed by atoms with Gasteiger partial charge in [0.25, 0.3) is 0 Å². The summed E-state index contributed by atoms with van der Waals surface area (Å²) < 4.78 is 0. The second kappa shape index (κ2) is 5.49. The fraction of sp³-hybridized carbons (Fsp3) is 0.600. The van der Waals surface area contributed by atoms with Crippen molar-refractivity contribution >= 4 is 0 Å². The molecule has 0 saturated carbocycles. The van der Waals surface area contributed by atoms with Gasteiger partial charge in [-0.2, -0.15) is 0 Å². The van der Waals surface area contributed by atoms with Crippen LogP contribution in [0, 0.1) is 5.92 Å². The van der Waals surface area contributed by atoms with Crippen LogP contribution >= 0.6 is 0 Å². The molecule has 0 aromatic heterocycles. The van der Waals surface area contributed by atoms with Crippen LogP contribution in [-0.2, 0) is 12.0 Å². The summed E-state index contributed by atoms with van der Waals surface area (Å²) in [4.78, 5) is 0. The van der Waals surface area contributed by atoms with E-state index in [0.717, 1.165) is 6.42 Å². The molecule has 0 amide bonds. The minimum Gasteiger partial charge on any atom is -0.321 e. The fourth-order valence-corrected chi connectivity index (χ4v) is 2.12. The molecular formula is C15H25N. The van der Waals surface area contributed by atoms with E-state index in [0.29, 0.717) is 5.92 Å². The normalized spacial score (nSPS) is 16.8. The quantitative estimate of drug-likeness (QED) is 0.799. The van der Waals surface area contributed by atoms with Crippen molar-refractivity contribution < 1.29 is 0 Å². The first-order chi connectivity index (χ1) is 7.52. The average Bonchev–Trinajstić information content (AvgIpc) is 2.29. The number of nitrogens with two attached hydrogens (primary N) is 1. The molecule has 1 aromatic carbocycles. The monoisotopic (exact) mass is 219 g/mol. The van der Waals surface area contributed by atoms with Crippen LogP contribution in [0.25, 0.3) is 0 Å². The Kier molecular flexibility index (Phi) is 4.55. The molecule has 0 saturated heterocycles. The van der Waals surface area contributed by atoms with Gasteiger partial charge in [-0.25, -0.2) is 0 Å². The summed E-state index contributed by atoms with van der Waals surface area (Å²) in [7, 11) is 0. The zero-order chi connectivity index (χ0) is 12.2. The summed E-state index contributed by atoms with van der Waals surface area (Å²) in [6, 6.07) is 8.76. The fourth-order valence-electron chi connectivity index (χ4n) is 2.12. The highest BCUT2D eigenvalue weighted by Gasteiger charge is 2.27. The molecule has 0 heterocycles. The molecule has 2 unspecified atom stereocenters. The van der Waals surface area contributed by atoms with E-state index < -0.39 is 0 Å². The Hall–Kier alpha value is -0.820. The lowest BCUT2D eigenvalue weighted by atomic mass is 9.79. The molecular weight excluding hydrogens is 194 g/mol. The van der Waals surface area contributed by atoms with Crippen LogP contribution < -0.4 is 5.73 Å². The standard InChI is InChI=1S/C15H25N/c1-5-7-12(3)15(4,16)14-10-8-13(6-2)9-11-14/h8-12H,5-7,16H2,1-4H3. The van der Waals surface area contributed by atoms with E-state index in [2.05, 4.69) is 52.0 Å². The van der Waals surface area contributed by atoms with Gasteiger partial charge in [0.05, 0.1) is 0 Å². The summed E-state index contributed by atoms with van der Waals surface area (Å²) in [5.41, 5.74) is 8.89. The van der Waals surface area contributed by atoms with Crippen LogP contribution in [-0.4, -0.2) is 0 Å². The lowest BCUT2D eigenvalue weighted by Gasteiger charge is -2.32. The molecule has 0 fully saturated rings. The van der Waals surface area contributed by atoms with Gasteiger partial charge >= 0.3 is 0 Å². The maximum Gasteiger partial charge on any atom is 0.0406 e. The zero-order valence-corrected chi connectivity index (χ0v) is 11.1. The molecule has 1 aromatic rings. The second-order valence-electron chi connectivity index (χ2n) is 5.02. The first kappa shape index (κ1) is 13.2. The molecule has 1 heteroatoms. The molecule has 0 spiro atoms. The van der Waals surface area contributed by atoms with Crippen molar-refractivity contribution in [3.05, 3.63) is 35.4 Å².